The van der Waals surface area contributed by atoms with Gasteiger partial charge in [-0.3, -0.25) is 9.59 Å². The molecule has 0 radical (unpaired) electrons. The summed E-state index contributed by atoms with van der Waals surface area (Å²) in [6.45, 7) is 17.4. The van der Waals surface area contributed by atoms with Crippen molar-refractivity contribution in [3.05, 3.63) is 42.1 Å². The molecule has 1 atom stereocenters. The van der Waals surface area contributed by atoms with E-state index in [1.165, 1.54) is 0 Å². The summed E-state index contributed by atoms with van der Waals surface area (Å²) in [5.41, 5.74) is 1.77. The van der Waals surface area contributed by atoms with Crippen LogP contribution in [0.5, 0.6) is 0 Å². The summed E-state index contributed by atoms with van der Waals surface area (Å²) in [6.07, 6.45) is 1.42. The molecule has 0 aliphatic rings. The van der Waals surface area contributed by atoms with Crippen molar-refractivity contribution >= 4 is 17.6 Å². The standard InChI is InChI=1S/C26H40N4O2/c1-9-29(24(32)15-19(2)17-25(3,4)5)18-23(31)27-22-16-21(26(6,7)8)28-30(22)20-13-11-10-12-14-20/h10-14,16,19H,9,15,17-18H2,1-8H3,(H,27,31). The second kappa shape index (κ2) is 10.3. The lowest BCUT2D eigenvalue weighted by Crippen LogP contribution is -2.38. The minimum absolute atomic E-state index is 0.0198. The van der Waals surface area contributed by atoms with Crippen LogP contribution >= 0.6 is 0 Å². The zero-order valence-electron chi connectivity index (χ0n) is 21.0. The van der Waals surface area contributed by atoms with Crippen LogP contribution in [-0.2, 0) is 15.0 Å². The maximum Gasteiger partial charge on any atom is 0.245 e. The van der Waals surface area contributed by atoms with E-state index in [4.69, 9.17) is 5.10 Å². The second-order valence-electron chi connectivity index (χ2n) is 10.9. The topological polar surface area (TPSA) is 67.2 Å². The van der Waals surface area contributed by atoms with E-state index in [0.717, 1.165) is 17.8 Å². The molecule has 1 unspecified atom stereocenters. The van der Waals surface area contributed by atoms with E-state index in [-0.39, 0.29) is 35.1 Å². The summed E-state index contributed by atoms with van der Waals surface area (Å²) in [6, 6.07) is 11.6. The molecule has 6 heteroatoms. The molecule has 2 rings (SSSR count). The molecular formula is C26H40N4O2. The summed E-state index contributed by atoms with van der Waals surface area (Å²) in [4.78, 5) is 27.3. The van der Waals surface area contributed by atoms with Crippen LogP contribution in [0.2, 0.25) is 0 Å². The first-order valence-electron chi connectivity index (χ1n) is 11.5. The maximum atomic E-state index is 12.9. The average Bonchev–Trinajstić information content (AvgIpc) is 3.09. The van der Waals surface area contributed by atoms with E-state index in [0.29, 0.717) is 18.8 Å². The van der Waals surface area contributed by atoms with Gasteiger partial charge in [0.25, 0.3) is 0 Å². The van der Waals surface area contributed by atoms with E-state index in [9.17, 15) is 9.59 Å². The van der Waals surface area contributed by atoms with Crippen LogP contribution in [0.3, 0.4) is 0 Å². The largest absolute Gasteiger partial charge is 0.334 e. The number of carbonyl (C=O) groups excluding carboxylic acids is 2. The van der Waals surface area contributed by atoms with Gasteiger partial charge >= 0.3 is 0 Å². The number of amides is 2. The Hall–Kier alpha value is -2.63. The van der Waals surface area contributed by atoms with Gasteiger partial charge in [0.1, 0.15) is 5.82 Å². The average molecular weight is 441 g/mol. The minimum Gasteiger partial charge on any atom is -0.334 e. The zero-order valence-corrected chi connectivity index (χ0v) is 21.0. The Bertz CT molecular complexity index is 904. The van der Waals surface area contributed by atoms with Crippen molar-refractivity contribution in [3.63, 3.8) is 0 Å². The smallest absolute Gasteiger partial charge is 0.245 e. The molecule has 0 aliphatic heterocycles. The number of rotatable bonds is 8. The van der Waals surface area contributed by atoms with Crippen molar-refractivity contribution in [3.8, 4) is 5.69 Å². The highest BCUT2D eigenvalue weighted by Crippen LogP contribution is 2.27. The summed E-state index contributed by atoms with van der Waals surface area (Å²) in [5.74, 6) is 0.678. The number of anilines is 1. The zero-order chi connectivity index (χ0) is 24.1. The fourth-order valence-corrected chi connectivity index (χ4v) is 3.88. The van der Waals surface area contributed by atoms with Crippen molar-refractivity contribution < 1.29 is 9.59 Å². The SMILES string of the molecule is CCN(CC(=O)Nc1cc(C(C)(C)C)nn1-c1ccccc1)C(=O)CC(C)CC(C)(C)C. The van der Waals surface area contributed by atoms with Crippen LogP contribution in [-0.4, -0.2) is 39.6 Å². The first-order valence-corrected chi connectivity index (χ1v) is 11.5. The Morgan fingerprint density at radius 1 is 1.09 bits per heavy atom. The highest BCUT2D eigenvalue weighted by molar-refractivity contribution is 5.94. The van der Waals surface area contributed by atoms with Crippen LogP contribution in [0, 0.1) is 11.3 Å². The Morgan fingerprint density at radius 2 is 1.72 bits per heavy atom. The van der Waals surface area contributed by atoms with E-state index < -0.39 is 0 Å². The lowest BCUT2D eigenvalue weighted by atomic mass is 9.84. The van der Waals surface area contributed by atoms with Gasteiger partial charge in [0.15, 0.2) is 0 Å². The van der Waals surface area contributed by atoms with E-state index >= 15 is 0 Å². The number of likely N-dealkylation sites (N-methyl/N-ethyl adjacent to an activating group) is 1. The van der Waals surface area contributed by atoms with E-state index in [1.54, 1.807) is 9.58 Å². The molecule has 0 fully saturated rings. The molecule has 32 heavy (non-hydrogen) atoms. The van der Waals surface area contributed by atoms with Crippen LogP contribution in [0.4, 0.5) is 5.82 Å². The molecular weight excluding hydrogens is 400 g/mol. The van der Waals surface area contributed by atoms with Crippen LogP contribution < -0.4 is 5.32 Å². The molecule has 0 saturated heterocycles. The molecule has 0 aliphatic carbocycles. The summed E-state index contributed by atoms with van der Waals surface area (Å²) < 4.78 is 1.75. The van der Waals surface area contributed by atoms with Gasteiger partial charge in [-0.2, -0.15) is 5.10 Å². The lowest BCUT2D eigenvalue weighted by Gasteiger charge is -2.26. The highest BCUT2D eigenvalue weighted by atomic mass is 16.2. The van der Waals surface area contributed by atoms with Crippen LogP contribution in [0.25, 0.3) is 5.69 Å². The van der Waals surface area contributed by atoms with Gasteiger partial charge < -0.3 is 10.2 Å². The van der Waals surface area contributed by atoms with Crippen molar-refractivity contribution in [2.75, 3.05) is 18.4 Å². The monoisotopic (exact) mass is 440 g/mol. The number of nitrogens with one attached hydrogen (secondary N) is 1. The fourth-order valence-electron chi connectivity index (χ4n) is 3.88. The molecule has 6 nitrogen and oxygen atoms in total. The molecule has 2 aromatic rings. The predicted octanol–water partition coefficient (Wildman–Crippen LogP) is 5.42. The Labute approximate surface area is 193 Å². The van der Waals surface area contributed by atoms with E-state index in [2.05, 4.69) is 53.8 Å². The van der Waals surface area contributed by atoms with Gasteiger partial charge in [0.2, 0.25) is 11.8 Å². The van der Waals surface area contributed by atoms with Gasteiger partial charge in [-0.1, -0.05) is 66.7 Å². The van der Waals surface area contributed by atoms with Gasteiger partial charge in [-0.05, 0) is 36.8 Å². The predicted molar refractivity (Wildman–Crippen MR) is 131 cm³/mol. The molecule has 1 aromatic heterocycles. The van der Waals surface area contributed by atoms with Gasteiger partial charge in [0, 0.05) is 24.4 Å². The molecule has 1 heterocycles. The molecule has 176 valence electrons. The third-order valence-corrected chi connectivity index (χ3v) is 5.30. The molecule has 0 saturated carbocycles. The minimum atomic E-state index is -0.221. The van der Waals surface area contributed by atoms with Gasteiger partial charge in [-0.25, -0.2) is 4.68 Å². The Kier molecular flexibility index (Phi) is 8.27. The first kappa shape index (κ1) is 25.6. The van der Waals surface area contributed by atoms with Gasteiger partial charge in [-0.15, -0.1) is 0 Å². The summed E-state index contributed by atoms with van der Waals surface area (Å²) >= 11 is 0. The molecule has 1 N–H and O–H groups in total. The van der Waals surface area contributed by atoms with Crippen molar-refractivity contribution in [2.45, 2.75) is 73.6 Å². The molecule has 0 bridgehead atoms. The maximum absolute atomic E-state index is 12.9. The van der Waals surface area contributed by atoms with Crippen LogP contribution in [0.1, 0.15) is 73.9 Å². The second-order valence-corrected chi connectivity index (χ2v) is 10.9. The first-order chi connectivity index (χ1) is 14.8. The lowest BCUT2D eigenvalue weighted by molar-refractivity contribution is -0.135. The quantitative estimate of drug-likeness (QED) is 0.596. The number of aromatic nitrogens is 2. The number of hydrogen-bond acceptors (Lipinski definition) is 3. The summed E-state index contributed by atoms with van der Waals surface area (Å²) in [7, 11) is 0. The van der Waals surface area contributed by atoms with Crippen molar-refractivity contribution in [1.29, 1.82) is 0 Å². The molecule has 2 amide bonds. The highest BCUT2D eigenvalue weighted by Gasteiger charge is 2.24. The fraction of sp³-hybridized carbons (Fsp3) is 0.577. The van der Waals surface area contributed by atoms with Crippen molar-refractivity contribution in [1.82, 2.24) is 14.7 Å². The number of carbonyl (C=O) groups is 2. The van der Waals surface area contributed by atoms with E-state index in [1.807, 2.05) is 43.3 Å². The Balaban J connectivity index is 2.14. The van der Waals surface area contributed by atoms with Crippen LogP contribution in [0.15, 0.2) is 36.4 Å². The number of benzene rings is 1. The number of nitrogens with zero attached hydrogens (tertiary/aromatic N) is 3. The molecule has 0 spiro atoms. The Morgan fingerprint density at radius 3 is 2.25 bits per heavy atom. The molecule has 1 aromatic carbocycles. The third-order valence-electron chi connectivity index (χ3n) is 5.30. The number of hydrogen-bond donors (Lipinski definition) is 1. The van der Waals surface area contributed by atoms with Gasteiger partial charge in [0.05, 0.1) is 17.9 Å². The normalized spacial score (nSPS) is 13.0. The van der Waals surface area contributed by atoms with Crippen molar-refractivity contribution in [2.24, 2.45) is 11.3 Å². The summed E-state index contributed by atoms with van der Waals surface area (Å²) in [5, 5.41) is 7.71. The number of para-hydroxylation sites is 1. The third kappa shape index (κ3) is 7.50.